The van der Waals surface area contributed by atoms with Crippen molar-refractivity contribution in [3.63, 3.8) is 0 Å². The number of hydrogen-bond acceptors (Lipinski definition) is 2. The molecule has 0 unspecified atom stereocenters. The van der Waals surface area contributed by atoms with Crippen molar-refractivity contribution in [2.75, 3.05) is 12.4 Å². The Labute approximate surface area is 123 Å². The van der Waals surface area contributed by atoms with Crippen molar-refractivity contribution in [1.29, 1.82) is 0 Å². The van der Waals surface area contributed by atoms with Gasteiger partial charge in [-0.05, 0) is 12.5 Å². The second kappa shape index (κ2) is 5.71. The molecular weight excluding hydrogens is 274 g/mol. The smallest absolute Gasteiger partial charge is 0.237 e. The molecule has 2 heterocycles. The maximum atomic E-state index is 11.8. The fraction of sp³-hybridized carbons (Fsp3) is 0.312. The lowest BCUT2D eigenvalue weighted by Gasteiger charge is -2.18. The van der Waals surface area contributed by atoms with Gasteiger partial charge < -0.3 is 9.32 Å². The number of benzene rings is 1. The molecule has 0 atom stereocenters. The molecule has 3 nitrogen and oxygen atoms in total. The van der Waals surface area contributed by atoms with E-state index in [9.17, 15) is 4.79 Å². The van der Waals surface area contributed by atoms with E-state index in [1.165, 1.54) is 0 Å². The third kappa shape index (κ3) is 2.59. The minimum Gasteiger partial charge on any atom is -0.461 e. The Hall–Kier alpha value is -1.74. The van der Waals surface area contributed by atoms with Gasteiger partial charge in [-0.25, -0.2) is 0 Å². The van der Waals surface area contributed by atoms with Crippen molar-refractivity contribution in [3.8, 4) is 11.3 Å². The molecule has 0 fully saturated rings. The molecule has 0 saturated carbocycles. The number of halogens is 1. The van der Waals surface area contributed by atoms with E-state index in [4.69, 9.17) is 16.0 Å². The minimum absolute atomic E-state index is 0.0121. The van der Waals surface area contributed by atoms with Gasteiger partial charge in [0, 0.05) is 30.6 Å². The second-order valence-electron chi connectivity index (χ2n) is 4.98. The Morgan fingerprint density at radius 3 is 2.85 bits per heavy atom. The van der Waals surface area contributed by atoms with Crippen LogP contribution >= 0.6 is 11.6 Å². The molecule has 3 rings (SSSR count). The molecule has 1 aliphatic rings. The van der Waals surface area contributed by atoms with Crippen molar-refractivity contribution in [2.24, 2.45) is 0 Å². The Morgan fingerprint density at radius 2 is 2.10 bits per heavy atom. The van der Waals surface area contributed by atoms with Gasteiger partial charge in [0.25, 0.3) is 0 Å². The van der Waals surface area contributed by atoms with Crippen molar-refractivity contribution in [3.05, 3.63) is 47.7 Å². The van der Waals surface area contributed by atoms with Crippen LogP contribution in [0.4, 0.5) is 0 Å². The molecule has 4 heteroatoms. The lowest BCUT2D eigenvalue weighted by molar-refractivity contribution is -0.129. The molecule has 0 bridgehead atoms. The summed E-state index contributed by atoms with van der Waals surface area (Å²) >= 11 is 5.65. The quantitative estimate of drug-likeness (QED) is 0.793. The molecule has 0 aliphatic carbocycles. The molecule has 1 aromatic carbocycles. The first-order valence-electron chi connectivity index (χ1n) is 6.78. The summed E-state index contributed by atoms with van der Waals surface area (Å²) in [6, 6.07) is 12.1. The first kappa shape index (κ1) is 13.3. The molecule has 1 amide bonds. The van der Waals surface area contributed by atoms with Crippen LogP contribution in [0.25, 0.3) is 11.3 Å². The predicted octanol–water partition coefficient (Wildman–Crippen LogP) is 3.46. The Morgan fingerprint density at radius 1 is 1.30 bits per heavy atom. The highest BCUT2D eigenvalue weighted by atomic mass is 35.5. The normalized spacial score (nSPS) is 14.8. The zero-order chi connectivity index (χ0) is 13.9. The third-order valence-corrected chi connectivity index (χ3v) is 3.84. The van der Waals surface area contributed by atoms with Crippen LogP contribution in [0, 0.1) is 0 Å². The Bertz CT molecular complexity index is 606. The predicted molar refractivity (Wildman–Crippen MR) is 78.6 cm³/mol. The van der Waals surface area contributed by atoms with Crippen LogP contribution in [-0.2, 0) is 17.8 Å². The van der Waals surface area contributed by atoms with Gasteiger partial charge in [-0.1, -0.05) is 30.3 Å². The maximum Gasteiger partial charge on any atom is 0.237 e. The summed E-state index contributed by atoms with van der Waals surface area (Å²) in [7, 11) is 0. The van der Waals surface area contributed by atoms with Crippen LogP contribution in [0.2, 0.25) is 0 Å². The molecular formula is C16H16ClNO2. The van der Waals surface area contributed by atoms with Crippen LogP contribution in [0.3, 0.4) is 0 Å². The highest BCUT2D eigenvalue weighted by Gasteiger charge is 2.21. The summed E-state index contributed by atoms with van der Waals surface area (Å²) in [6.07, 6.45) is 1.78. The van der Waals surface area contributed by atoms with Crippen LogP contribution < -0.4 is 0 Å². The first-order chi connectivity index (χ1) is 9.78. The summed E-state index contributed by atoms with van der Waals surface area (Å²) < 4.78 is 5.96. The van der Waals surface area contributed by atoms with E-state index >= 15 is 0 Å². The fourth-order valence-corrected chi connectivity index (χ4v) is 2.74. The molecule has 0 saturated heterocycles. The number of carbonyl (C=O) groups excluding carboxylic acids is 1. The van der Waals surface area contributed by atoms with Gasteiger partial charge in [-0.2, -0.15) is 0 Å². The zero-order valence-corrected chi connectivity index (χ0v) is 11.9. The van der Waals surface area contributed by atoms with Gasteiger partial charge in [0.1, 0.15) is 17.4 Å². The van der Waals surface area contributed by atoms with Gasteiger partial charge in [0.2, 0.25) is 5.91 Å². The number of nitrogens with zero attached hydrogens (tertiary/aromatic N) is 1. The van der Waals surface area contributed by atoms with Gasteiger partial charge in [-0.15, -0.1) is 11.6 Å². The third-order valence-electron chi connectivity index (χ3n) is 3.62. The van der Waals surface area contributed by atoms with Crippen molar-refractivity contribution < 1.29 is 9.21 Å². The SMILES string of the molecule is O=C(CCl)N1CCCc2oc(-c3ccccc3)cc2C1. The molecule has 0 spiro atoms. The fourth-order valence-electron chi connectivity index (χ4n) is 2.57. The number of carbonyl (C=O) groups is 1. The van der Waals surface area contributed by atoms with E-state index in [1.54, 1.807) is 0 Å². The van der Waals surface area contributed by atoms with E-state index in [0.717, 1.165) is 42.0 Å². The number of amides is 1. The standard InChI is InChI=1S/C16H16ClNO2/c17-10-16(19)18-8-4-7-14-13(11-18)9-15(20-14)12-5-2-1-3-6-12/h1-3,5-6,9H,4,7-8,10-11H2. The summed E-state index contributed by atoms with van der Waals surface area (Å²) in [6.45, 7) is 1.34. The average Bonchev–Trinajstić information content (AvgIpc) is 2.79. The van der Waals surface area contributed by atoms with Crippen LogP contribution in [0.5, 0.6) is 0 Å². The molecule has 2 aromatic rings. The summed E-state index contributed by atoms with van der Waals surface area (Å²) in [4.78, 5) is 13.6. The Kier molecular flexibility index (Phi) is 3.79. The molecule has 1 aromatic heterocycles. The molecule has 104 valence electrons. The number of aryl methyl sites for hydroxylation is 1. The molecule has 20 heavy (non-hydrogen) atoms. The number of hydrogen-bond donors (Lipinski definition) is 0. The Balaban J connectivity index is 1.89. The number of alkyl halides is 1. The van der Waals surface area contributed by atoms with Crippen LogP contribution in [0.15, 0.2) is 40.8 Å². The zero-order valence-electron chi connectivity index (χ0n) is 11.1. The van der Waals surface area contributed by atoms with E-state index in [1.807, 2.05) is 41.3 Å². The second-order valence-corrected chi connectivity index (χ2v) is 5.24. The largest absolute Gasteiger partial charge is 0.461 e. The summed E-state index contributed by atoms with van der Waals surface area (Å²) in [5, 5.41) is 0. The monoisotopic (exact) mass is 289 g/mol. The lowest BCUT2D eigenvalue weighted by atomic mass is 10.1. The van der Waals surface area contributed by atoms with E-state index in [0.29, 0.717) is 6.54 Å². The summed E-state index contributed by atoms with van der Waals surface area (Å²) in [5.41, 5.74) is 2.16. The molecule has 0 radical (unpaired) electrons. The highest BCUT2D eigenvalue weighted by Crippen LogP contribution is 2.29. The van der Waals surface area contributed by atoms with Gasteiger partial charge in [0.05, 0.1) is 0 Å². The van der Waals surface area contributed by atoms with Gasteiger partial charge in [0.15, 0.2) is 0 Å². The summed E-state index contributed by atoms with van der Waals surface area (Å²) in [5.74, 6) is 1.89. The van der Waals surface area contributed by atoms with Crippen molar-refractivity contribution in [1.82, 2.24) is 4.90 Å². The van der Waals surface area contributed by atoms with Crippen molar-refractivity contribution >= 4 is 17.5 Å². The number of fused-ring (bicyclic) bond motifs is 1. The van der Waals surface area contributed by atoms with Gasteiger partial charge in [-0.3, -0.25) is 4.79 Å². The number of rotatable bonds is 2. The van der Waals surface area contributed by atoms with Gasteiger partial charge >= 0.3 is 0 Å². The van der Waals surface area contributed by atoms with Crippen LogP contribution in [-0.4, -0.2) is 23.2 Å². The highest BCUT2D eigenvalue weighted by molar-refractivity contribution is 6.27. The lowest BCUT2D eigenvalue weighted by Crippen LogP contribution is -2.31. The molecule has 0 N–H and O–H groups in total. The topological polar surface area (TPSA) is 33.5 Å². The first-order valence-corrected chi connectivity index (χ1v) is 7.32. The van der Waals surface area contributed by atoms with E-state index in [2.05, 4.69) is 0 Å². The van der Waals surface area contributed by atoms with Crippen LogP contribution in [0.1, 0.15) is 17.7 Å². The van der Waals surface area contributed by atoms with E-state index in [-0.39, 0.29) is 11.8 Å². The maximum absolute atomic E-state index is 11.8. The van der Waals surface area contributed by atoms with E-state index < -0.39 is 0 Å². The minimum atomic E-state index is -0.0121. The average molecular weight is 290 g/mol. The van der Waals surface area contributed by atoms with Crippen molar-refractivity contribution in [2.45, 2.75) is 19.4 Å². The number of furan rings is 1. The molecule has 1 aliphatic heterocycles.